The minimum atomic E-state index is -0.763. The van der Waals surface area contributed by atoms with Crippen molar-refractivity contribution in [2.24, 2.45) is 0 Å². The number of carbonyl (C=O) groups excluding carboxylic acids is 3. The second-order valence-corrected chi connectivity index (χ2v) is 25.6. The summed E-state index contributed by atoms with van der Waals surface area (Å²) in [6.45, 7) is 6.74. The summed E-state index contributed by atoms with van der Waals surface area (Å²) < 4.78 is 17.0. The Hall–Kier alpha value is -1.59. The van der Waals surface area contributed by atoms with E-state index in [0.717, 1.165) is 57.8 Å². The Labute approximate surface area is 501 Å². The van der Waals surface area contributed by atoms with E-state index in [9.17, 15) is 14.4 Å². The molecule has 0 aliphatic carbocycles. The van der Waals surface area contributed by atoms with Gasteiger partial charge in [-0.25, -0.2) is 0 Å². The van der Waals surface area contributed by atoms with Crippen molar-refractivity contribution in [1.29, 1.82) is 0 Å². The molecule has 0 heterocycles. The molecule has 1 unspecified atom stereocenters. The zero-order valence-corrected chi connectivity index (χ0v) is 54.9. The molecule has 80 heavy (non-hydrogen) atoms. The second kappa shape index (κ2) is 69.9. The maximum Gasteiger partial charge on any atom is 0.306 e. The Kier molecular flexibility index (Phi) is 68.5. The van der Waals surface area contributed by atoms with Crippen molar-refractivity contribution in [3.8, 4) is 0 Å². The summed E-state index contributed by atoms with van der Waals surface area (Å²) >= 11 is 0. The first-order chi connectivity index (χ1) is 39.5. The third-order valence-electron chi connectivity index (χ3n) is 17.4. The molecule has 0 aliphatic heterocycles. The quantitative estimate of drug-likeness (QED) is 0.0343. The third-order valence-corrected chi connectivity index (χ3v) is 17.4. The molecule has 0 saturated heterocycles. The van der Waals surface area contributed by atoms with E-state index in [1.54, 1.807) is 0 Å². The fourth-order valence-corrected chi connectivity index (χ4v) is 11.8. The van der Waals surface area contributed by atoms with E-state index in [1.807, 2.05) is 0 Å². The van der Waals surface area contributed by atoms with Crippen LogP contribution in [0.25, 0.3) is 0 Å². The molecule has 0 radical (unpaired) electrons. The molecule has 0 rings (SSSR count). The van der Waals surface area contributed by atoms with Gasteiger partial charge in [-0.2, -0.15) is 0 Å². The number of hydrogen-bond donors (Lipinski definition) is 0. The van der Waals surface area contributed by atoms with E-state index in [1.165, 1.54) is 340 Å². The van der Waals surface area contributed by atoms with Crippen LogP contribution in [0.1, 0.15) is 438 Å². The molecule has 0 aromatic heterocycles. The minimum absolute atomic E-state index is 0.0604. The lowest BCUT2D eigenvalue weighted by Crippen LogP contribution is -2.30. The number of ether oxygens (including phenoxy) is 3. The summed E-state index contributed by atoms with van der Waals surface area (Å²) in [5.74, 6) is -0.822. The van der Waals surface area contributed by atoms with Gasteiger partial charge in [0.15, 0.2) is 6.10 Å². The molecule has 0 bridgehead atoms. The van der Waals surface area contributed by atoms with Crippen LogP contribution in [-0.2, 0) is 28.6 Å². The molecule has 6 heteroatoms. The van der Waals surface area contributed by atoms with Crippen molar-refractivity contribution in [3.63, 3.8) is 0 Å². The summed E-state index contributed by atoms with van der Waals surface area (Å²) in [6.07, 6.45) is 83.1. The van der Waals surface area contributed by atoms with Crippen molar-refractivity contribution < 1.29 is 28.6 Å². The average Bonchev–Trinajstić information content (AvgIpc) is 3.46. The lowest BCUT2D eigenvalue weighted by atomic mass is 10.0. The molecule has 1 atom stereocenters. The van der Waals surface area contributed by atoms with Crippen LogP contribution in [-0.4, -0.2) is 37.2 Å². The summed E-state index contributed by atoms with van der Waals surface area (Å²) in [5.41, 5.74) is 0. The summed E-state index contributed by atoms with van der Waals surface area (Å²) in [4.78, 5) is 38.4. The SMILES string of the molecule is CCCCCCCCCCCCCCCCCCCCCCCCCCCCCCCCCCCCC(=O)OCC(COC(=O)CCCCCCCCCCCCCCCC)OC(=O)CCCCCCCCCCCCCCCC. The highest BCUT2D eigenvalue weighted by Gasteiger charge is 2.20. The Morgan fingerprint density at radius 1 is 0.200 bits per heavy atom. The smallest absolute Gasteiger partial charge is 0.306 e. The molecule has 0 aromatic rings. The predicted molar refractivity (Wildman–Crippen MR) is 349 cm³/mol. The van der Waals surface area contributed by atoms with Gasteiger partial charge in [-0.15, -0.1) is 0 Å². The van der Waals surface area contributed by atoms with E-state index in [2.05, 4.69) is 20.8 Å². The van der Waals surface area contributed by atoms with Gasteiger partial charge < -0.3 is 14.2 Å². The van der Waals surface area contributed by atoms with Crippen LogP contribution < -0.4 is 0 Å². The van der Waals surface area contributed by atoms with Gasteiger partial charge in [-0.1, -0.05) is 400 Å². The first-order valence-corrected chi connectivity index (χ1v) is 37.0. The monoisotopic (exact) mass is 1130 g/mol. The standard InChI is InChI=1S/C74H144O6/c1-4-7-10-13-16-19-22-25-28-29-30-31-32-33-34-35-36-37-38-39-40-41-42-43-44-45-46-47-50-52-55-58-61-64-67-73(76)79-70-71(80-74(77)68-65-62-59-56-53-49-27-24-21-18-15-12-9-6-3)69-78-72(75)66-63-60-57-54-51-48-26-23-20-17-14-11-8-5-2/h71H,4-70H2,1-3H3. The van der Waals surface area contributed by atoms with Crippen LogP contribution in [0.3, 0.4) is 0 Å². The summed E-state index contributed by atoms with van der Waals surface area (Å²) in [6, 6.07) is 0. The average molecular weight is 1130 g/mol. The van der Waals surface area contributed by atoms with Crippen molar-refractivity contribution >= 4 is 17.9 Å². The predicted octanol–water partition coefficient (Wildman–Crippen LogP) is 25.4. The van der Waals surface area contributed by atoms with E-state index in [4.69, 9.17) is 14.2 Å². The molecular weight excluding hydrogens is 985 g/mol. The molecule has 0 saturated carbocycles. The van der Waals surface area contributed by atoms with Crippen molar-refractivity contribution in [2.45, 2.75) is 444 Å². The lowest BCUT2D eigenvalue weighted by Gasteiger charge is -2.18. The molecule has 0 spiro atoms. The zero-order valence-electron chi connectivity index (χ0n) is 54.9. The van der Waals surface area contributed by atoms with Gasteiger partial charge in [0.05, 0.1) is 0 Å². The summed E-state index contributed by atoms with van der Waals surface area (Å²) in [7, 11) is 0. The van der Waals surface area contributed by atoms with Gasteiger partial charge in [0.2, 0.25) is 0 Å². The molecule has 0 aromatic carbocycles. The zero-order chi connectivity index (χ0) is 57.8. The Balaban J connectivity index is 4.01. The van der Waals surface area contributed by atoms with Gasteiger partial charge >= 0.3 is 17.9 Å². The fraction of sp³-hybridized carbons (Fsp3) is 0.959. The largest absolute Gasteiger partial charge is 0.462 e. The molecule has 0 N–H and O–H groups in total. The van der Waals surface area contributed by atoms with E-state index in [-0.39, 0.29) is 31.1 Å². The second-order valence-electron chi connectivity index (χ2n) is 25.6. The van der Waals surface area contributed by atoms with Gasteiger partial charge in [-0.3, -0.25) is 14.4 Å². The maximum absolute atomic E-state index is 12.9. The van der Waals surface area contributed by atoms with Gasteiger partial charge in [-0.05, 0) is 19.3 Å². The van der Waals surface area contributed by atoms with E-state index in [0.29, 0.717) is 19.3 Å². The number of unbranched alkanes of at least 4 members (excludes halogenated alkanes) is 59. The Bertz CT molecular complexity index is 1200. The van der Waals surface area contributed by atoms with Crippen molar-refractivity contribution in [1.82, 2.24) is 0 Å². The van der Waals surface area contributed by atoms with Crippen LogP contribution in [0, 0.1) is 0 Å². The lowest BCUT2D eigenvalue weighted by molar-refractivity contribution is -0.167. The topological polar surface area (TPSA) is 78.9 Å². The molecule has 0 amide bonds. The highest BCUT2D eigenvalue weighted by atomic mass is 16.6. The number of esters is 3. The third kappa shape index (κ3) is 67.2. The maximum atomic E-state index is 12.9. The number of carbonyl (C=O) groups is 3. The normalized spacial score (nSPS) is 11.9. The first kappa shape index (κ1) is 78.4. The minimum Gasteiger partial charge on any atom is -0.462 e. The van der Waals surface area contributed by atoms with Crippen LogP contribution >= 0.6 is 0 Å². The van der Waals surface area contributed by atoms with Crippen LogP contribution in [0.5, 0.6) is 0 Å². The van der Waals surface area contributed by atoms with Crippen LogP contribution in [0.4, 0.5) is 0 Å². The van der Waals surface area contributed by atoms with Gasteiger partial charge in [0.1, 0.15) is 13.2 Å². The molecule has 0 aliphatic rings. The van der Waals surface area contributed by atoms with E-state index < -0.39 is 6.10 Å². The Morgan fingerprint density at radius 3 is 0.500 bits per heavy atom. The summed E-state index contributed by atoms with van der Waals surface area (Å²) in [5, 5.41) is 0. The van der Waals surface area contributed by atoms with Crippen LogP contribution in [0.15, 0.2) is 0 Å². The molecule has 6 nitrogen and oxygen atoms in total. The first-order valence-electron chi connectivity index (χ1n) is 37.0. The van der Waals surface area contributed by atoms with E-state index >= 15 is 0 Å². The highest BCUT2D eigenvalue weighted by Crippen LogP contribution is 2.20. The molecule has 476 valence electrons. The van der Waals surface area contributed by atoms with Gasteiger partial charge in [0.25, 0.3) is 0 Å². The molecular formula is C74H144O6. The van der Waals surface area contributed by atoms with Crippen molar-refractivity contribution in [2.75, 3.05) is 13.2 Å². The van der Waals surface area contributed by atoms with Crippen molar-refractivity contribution in [3.05, 3.63) is 0 Å². The Morgan fingerprint density at radius 2 is 0.338 bits per heavy atom. The fourth-order valence-electron chi connectivity index (χ4n) is 11.8. The number of hydrogen-bond acceptors (Lipinski definition) is 6. The molecule has 0 fully saturated rings. The highest BCUT2D eigenvalue weighted by molar-refractivity contribution is 5.71. The number of rotatable bonds is 70. The van der Waals surface area contributed by atoms with Crippen LogP contribution in [0.2, 0.25) is 0 Å². The van der Waals surface area contributed by atoms with Gasteiger partial charge in [0, 0.05) is 19.3 Å².